The van der Waals surface area contributed by atoms with Crippen LogP contribution in [0.15, 0.2) is 12.8 Å². The number of phosphoric acid groups is 1. The van der Waals surface area contributed by atoms with E-state index in [9.17, 15) is 9.36 Å². The molecule has 0 aromatic heterocycles. The summed E-state index contributed by atoms with van der Waals surface area (Å²) in [7, 11) is -4.51. The molecule has 0 radical (unpaired) electrons. The summed E-state index contributed by atoms with van der Waals surface area (Å²) in [5, 5.41) is 0. The molecule has 0 unspecified atom stereocenters. The van der Waals surface area contributed by atoms with Crippen LogP contribution in [0.1, 0.15) is 0 Å². The van der Waals surface area contributed by atoms with Gasteiger partial charge >= 0.3 is 13.9 Å². The average molecular weight is 284 g/mol. The number of carbonyl (C=O) groups excluding carboxylic acids is 1. The molecule has 4 N–H and O–H groups in total. The second-order valence-electron chi connectivity index (χ2n) is 3.07. The number of hydrogen-bond acceptors (Lipinski definition) is 5. The third kappa shape index (κ3) is 4.66. The van der Waals surface area contributed by atoms with E-state index < -0.39 is 25.5 Å². The zero-order chi connectivity index (χ0) is 13.1. The molecule has 1 saturated heterocycles. The lowest BCUT2D eigenvalue weighted by molar-refractivity contribution is -0.0190. The summed E-state index contributed by atoms with van der Waals surface area (Å²) in [6, 6.07) is -0.706. The maximum Gasteiger partial charge on any atom is 0.469 e. The van der Waals surface area contributed by atoms with E-state index in [4.69, 9.17) is 20.3 Å². The van der Waals surface area contributed by atoms with Gasteiger partial charge in [0.15, 0.2) is 0 Å². The number of nitrogens with zero attached hydrogens (tertiary/aromatic N) is 1. The van der Waals surface area contributed by atoms with Crippen molar-refractivity contribution in [3.8, 4) is 0 Å². The first-order valence-corrected chi connectivity index (χ1v) is 7.09. The highest BCUT2D eigenvalue weighted by Crippen LogP contribution is 2.38. The van der Waals surface area contributed by atoms with Crippen molar-refractivity contribution in [2.45, 2.75) is 11.7 Å². The zero-order valence-electron chi connectivity index (χ0n) is 8.76. The summed E-state index contributed by atoms with van der Waals surface area (Å²) in [5.41, 5.74) is 4.53. The molecule has 1 aliphatic rings. The maximum atomic E-state index is 11.0. The molecule has 0 spiro atoms. The van der Waals surface area contributed by atoms with Gasteiger partial charge in [-0.3, -0.25) is 9.42 Å². The molecule has 0 bridgehead atoms. The molecule has 0 saturated carbocycles. The number of carbonyl (C=O) groups is 1. The Morgan fingerprint density at radius 2 is 2.41 bits per heavy atom. The van der Waals surface area contributed by atoms with E-state index in [1.54, 1.807) is 0 Å². The first-order chi connectivity index (χ1) is 7.83. The number of amides is 2. The van der Waals surface area contributed by atoms with Crippen LogP contribution in [0.3, 0.4) is 0 Å². The van der Waals surface area contributed by atoms with Gasteiger partial charge < -0.3 is 20.3 Å². The lowest BCUT2D eigenvalue weighted by Gasteiger charge is -2.22. The van der Waals surface area contributed by atoms with E-state index in [2.05, 4.69) is 11.1 Å². The fraction of sp³-hybridized carbons (Fsp3) is 0.571. The normalized spacial score (nSPS) is 24.6. The van der Waals surface area contributed by atoms with Crippen LogP contribution in [0.25, 0.3) is 0 Å². The number of rotatable bonds is 5. The van der Waals surface area contributed by atoms with Crippen molar-refractivity contribution in [3.05, 3.63) is 12.8 Å². The first kappa shape index (κ1) is 14.5. The molecule has 1 aliphatic heterocycles. The molecule has 0 aromatic carbocycles. The molecule has 8 nitrogen and oxygen atoms in total. The molecule has 2 atom stereocenters. The van der Waals surface area contributed by atoms with Gasteiger partial charge in [-0.15, -0.1) is 11.8 Å². The Labute approximate surface area is 102 Å². The van der Waals surface area contributed by atoms with Crippen molar-refractivity contribution in [2.75, 3.05) is 12.4 Å². The van der Waals surface area contributed by atoms with Gasteiger partial charge in [0, 0.05) is 12.0 Å². The van der Waals surface area contributed by atoms with Crippen LogP contribution in [0.5, 0.6) is 0 Å². The van der Waals surface area contributed by atoms with Crippen molar-refractivity contribution < 1.29 is 28.4 Å². The number of primary amides is 1. The fourth-order valence-electron chi connectivity index (χ4n) is 1.18. The van der Waals surface area contributed by atoms with Crippen LogP contribution in [-0.4, -0.2) is 44.7 Å². The number of phosphoric ester groups is 1. The molecule has 10 heteroatoms. The first-order valence-electron chi connectivity index (χ1n) is 4.51. The van der Waals surface area contributed by atoms with Crippen molar-refractivity contribution in [2.24, 2.45) is 5.73 Å². The van der Waals surface area contributed by atoms with Gasteiger partial charge in [0.1, 0.15) is 11.7 Å². The van der Waals surface area contributed by atoms with E-state index in [0.29, 0.717) is 5.75 Å². The standard InChI is InChI=1S/C7H13N2O6PS/c1-2-9(7(8)10)5-4-17-6(15-5)3-14-16(11,12)13/h2,5-6H,1,3-4H2,(H2,8,10)(H2,11,12,13)/t5-,6+/m0/s1. The van der Waals surface area contributed by atoms with E-state index in [-0.39, 0.29) is 6.61 Å². The van der Waals surface area contributed by atoms with Crippen LogP contribution in [0.4, 0.5) is 4.79 Å². The molecular weight excluding hydrogens is 271 g/mol. The quantitative estimate of drug-likeness (QED) is 0.609. The molecule has 17 heavy (non-hydrogen) atoms. The molecule has 98 valence electrons. The SMILES string of the molecule is C=CN(C(N)=O)[C@@H]1CS[C@H](COP(=O)(O)O)O1. The van der Waals surface area contributed by atoms with Gasteiger partial charge in [0.05, 0.1) is 6.61 Å². The monoisotopic (exact) mass is 284 g/mol. The highest BCUT2D eigenvalue weighted by molar-refractivity contribution is 8.00. The third-order valence-corrected chi connectivity index (χ3v) is 3.46. The van der Waals surface area contributed by atoms with E-state index >= 15 is 0 Å². The lowest BCUT2D eigenvalue weighted by Crippen LogP contribution is -2.41. The Bertz CT molecular complexity index is 347. The van der Waals surface area contributed by atoms with Gasteiger partial charge in [-0.2, -0.15) is 0 Å². The molecule has 0 aliphatic carbocycles. The number of ether oxygens (including phenoxy) is 1. The van der Waals surface area contributed by atoms with Crippen LogP contribution in [0, 0.1) is 0 Å². The Balaban J connectivity index is 2.44. The summed E-state index contributed by atoms with van der Waals surface area (Å²) in [5.74, 6) is 0.421. The van der Waals surface area contributed by atoms with Crippen LogP contribution in [0.2, 0.25) is 0 Å². The van der Waals surface area contributed by atoms with Crippen molar-refractivity contribution in [3.63, 3.8) is 0 Å². The molecule has 1 fully saturated rings. The Hall–Kier alpha value is -0.570. The molecule has 1 heterocycles. The Morgan fingerprint density at radius 1 is 1.76 bits per heavy atom. The second kappa shape index (κ2) is 5.85. The number of urea groups is 1. The van der Waals surface area contributed by atoms with Crippen molar-refractivity contribution in [1.29, 1.82) is 0 Å². The Morgan fingerprint density at radius 3 is 2.88 bits per heavy atom. The van der Waals surface area contributed by atoms with Gasteiger partial charge in [0.25, 0.3) is 0 Å². The minimum atomic E-state index is -4.51. The smallest absolute Gasteiger partial charge is 0.351 e. The van der Waals surface area contributed by atoms with Gasteiger partial charge in [0.2, 0.25) is 0 Å². The number of nitrogens with two attached hydrogens (primary N) is 1. The van der Waals surface area contributed by atoms with Gasteiger partial charge in [-0.25, -0.2) is 9.36 Å². The highest BCUT2D eigenvalue weighted by atomic mass is 32.2. The van der Waals surface area contributed by atoms with Crippen LogP contribution >= 0.6 is 19.6 Å². The third-order valence-electron chi connectivity index (χ3n) is 1.87. The van der Waals surface area contributed by atoms with Crippen molar-refractivity contribution in [1.82, 2.24) is 4.90 Å². The van der Waals surface area contributed by atoms with Gasteiger partial charge in [-0.05, 0) is 0 Å². The lowest BCUT2D eigenvalue weighted by atomic mass is 10.5. The van der Waals surface area contributed by atoms with Crippen molar-refractivity contribution >= 4 is 25.6 Å². The summed E-state index contributed by atoms with van der Waals surface area (Å²) < 4.78 is 20.1. The summed E-state index contributed by atoms with van der Waals surface area (Å²) in [6.45, 7) is 3.15. The summed E-state index contributed by atoms with van der Waals surface area (Å²) in [6.07, 6.45) is 0.639. The maximum absolute atomic E-state index is 11.0. The topological polar surface area (TPSA) is 122 Å². The summed E-state index contributed by atoms with van der Waals surface area (Å²) >= 11 is 1.26. The minimum Gasteiger partial charge on any atom is -0.351 e. The predicted octanol–water partition coefficient (Wildman–Crippen LogP) is 0.0355. The molecule has 2 amide bonds. The fourth-order valence-corrected chi connectivity index (χ4v) is 2.60. The molecular formula is C7H13N2O6PS. The van der Waals surface area contributed by atoms with E-state index in [1.807, 2.05) is 0 Å². The Kier molecular flexibility index (Phi) is 4.99. The summed E-state index contributed by atoms with van der Waals surface area (Å²) in [4.78, 5) is 29.1. The largest absolute Gasteiger partial charge is 0.469 e. The van der Waals surface area contributed by atoms with E-state index in [1.165, 1.54) is 18.0 Å². The average Bonchev–Trinajstić information content (AvgIpc) is 2.63. The molecule has 0 aromatic rings. The van der Waals surface area contributed by atoms with Crippen LogP contribution < -0.4 is 5.73 Å². The zero-order valence-corrected chi connectivity index (χ0v) is 10.5. The molecule has 1 rings (SSSR count). The predicted molar refractivity (Wildman–Crippen MR) is 60.7 cm³/mol. The minimum absolute atomic E-state index is 0.269. The van der Waals surface area contributed by atoms with Gasteiger partial charge in [-0.1, -0.05) is 6.58 Å². The number of hydrogen-bond donors (Lipinski definition) is 3. The highest BCUT2D eigenvalue weighted by Gasteiger charge is 2.32. The number of thioether (sulfide) groups is 1. The second-order valence-corrected chi connectivity index (χ2v) is 5.50. The van der Waals surface area contributed by atoms with Crippen LogP contribution in [-0.2, 0) is 13.8 Å². The van der Waals surface area contributed by atoms with E-state index in [0.717, 1.165) is 4.90 Å².